The Hall–Kier alpha value is -2.42. The van der Waals surface area contributed by atoms with Crippen molar-refractivity contribution in [2.75, 3.05) is 5.73 Å². The van der Waals surface area contributed by atoms with Gasteiger partial charge in [-0.15, -0.1) is 5.10 Å². The highest BCUT2D eigenvalue weighted by atomic mass is 19.1. The summed E-state index contributed by atoms with van der Waals surface area (Å²) in [6.07, 6.45) is 1.31. The fourth-order valence-corrected chi connectivity index (χ4v) is 1.15. The van der Waals surface area contributed by atoms with Gasteiger partial charge < -0.3 is 5.73 Å². The van der Waals surface area contributed by atoms with Crippen LogP contribution in [0.25, 0.3) is 5.69 Å². The van der Waals surface area contributed by atoms with E-state index >= 15 is 0 Å². The molecule has 1 aromatic carbocycles. The maximum atomic E-state index is 13.5. The second-order valence-electron chi connectivity index (χ2n) is 2.83. The maximum Gasteiger partial charge on any atom is 0.239 e. The van der Waals surface area contributed by atoms with Crippen LogP contribution >= 0.6 is 0 Å². The highest BCUT2D eigenvalue weighted by Crippen LogP contribution is 2.13. The van der Waals surface area contributed by atoms with Crippen molar-refractivity contribution in [3.63, 3.8) is 0 Å². The van der Waals surface area contributed by atoms with Gasteiger partial charge in [0.1, 0.15) is 17.8 Å². The van der Waals surface area contributed by atoms with E-state index in [4.69, 9.17) is 11.0 Å². The second-order valence-corrected chi connectivity index (χ2v) is 2.83. The van der Waals surface area contributed by atoms with Gasteiger partial charge >= 0.3 is 0 Å². The van der Waals surface area contributed by atoms with Crippen molar-refractivity contribution in [2.45, 2.75) is 0 Å². The molecule has 0 fully saturated rings. The zero-order valence-electron chi connectivity index (χ0n) is 7.55. The van der Waals surface area contributed by atoms with Gasteiger partial charge in [-0.2, -0.15) is 5.26 Å². The molecule has 1 aromatic heterocycles. The lowest BCUT2D eigenvalue weighted by molar-refractivity contribution is 0.610. The molecule has 0 aliphatic rings. The zero-order valence-corrected chi connectivity index (χ0v) is 7.55. The number of rotatable bonds is 1. The standard InChI is InChI=1S/C9H6FN5/c10-7-3-6(4-11)1-2-8(7)15-5-13-9(12)14-15/h1-3,5H,(H2,12,14). The molecule has 0 saturated heterocycles. The van der Waals surface area contributed by atoms with Crippen molar-refractivity contribution < 1.29 is 4.39 Å². The second kappa shape index (κ2) is 3.38. The van der Waals surface area contributed by atoms with Crippen molar-refractivity contribution in [2.24, 2.45) is 0 Å². The summed E-state index contributed by atoms with van der Waals surface area (Å²) < 4.78 is 14.7. The first-order valence-corrected chi connectivity index (χ1v) is 4.08. The Morgan fingerprint density at radius 2 is 2.27 bits per heavy atom. The molecule has 0 unspecified atom stereocenters. The molecule has 5 nitrogen and oxygen atoms in total. The van der Waals surface area contributed by atoms with Crippen LogP contribution in [0, 0.1) is 17.1 Å². The van der Waals surface area contributed by atoms with E-state index in [9.17, 15) is 4.39 Å². The number of nitrogens with two attached hydrogens (primary N) is 1. The third-order valence-corrected chi connectivity index (χ3v) is 1.83. The fourth-order valence-electron chi connectivity index (χ4n) is 1.15. The first-order chi connectivity index (χ1) is 7.20. The molecule has 0 saturated carbocycles. The fraction of sp³-hybridized carbons (Fsp3) is 0. The summed E-state index contributed by atoms with van der Waals surface area (Å²) in [5.74, 6) is -0.474. The molecule has 0 spiro atoms. The molecular formula is C9H6FN5. The van der Waals surface area contributed by atoms with E-state index < -0.39 is 5.82 Å². The molecule has 6 heteroatoms. The van der Waals surface area contributed by atoms with Gasteiger partial charge in [-0.3, -0.25) is 0 Å². The van der Waals surface area contributed by atoms with Gasteiger partial charge in [0, 0.05) is 0 Å². The topological polar surface area (TPSA) is 80.5 Å². The predicted octanol–water partition coefficient (Wildman–Crippen LogP) is 0.860. The minimum absolute atomic E-state index is 0.0683. The van der Waals surface area contributed by atoms with Gasteiger partial charge in [0.25, 0.3) is 0 Å². The predicted molar refractivity (Wildman–Crippen MR) is 50.4 cm³/mol. The molecule has 0 aliphatic carbocycles. The summed E-state index contributed by atoms with van der Waals surface area (Å²) in [4.78, 5) is 3.67. The van der Waals surface area contributed by atoms with E-state index in [-0.39, 0.29) is 17.2 Å². The Morgan fingerprint density at radius 1 is 1.47 bits per heavy atom. The smallest absolute Gasteiger partial charge is 0.239 e. The lowest BCUT2D eigenvalue weighted by Crippen LogP contribution is -1.99. The number of nitrogens with zero attached hydrogens (tertiary/aromatic N) is 4. The summed E-state index contributed by atoms with van der Waals surface area (Å²) in [5.41, 5.74) is 5.76. The average Bonchev–Trinajstić information content (AvgIpc) is 2.64. The van der Waals surface area contributed by atoms with Crippen molar-refractivity contribution >= 4 is 5.95 Å². The minimum Gasteiger partial charge on any atom is -0.366 e. The van der Waals surface area contributed by atoms with Gasteiger partial charge in [0.2, 0.25) is 5.95 Å². The molecule has 0 amide bonds. The number of nitriles is 1. The lowest BCUT2D eigenvalue weighted by atomic mass is 10.2. The Kier molecular flexibility index (Phi) is 2.06. The number of benzene rings is 1. The van der Waals surface area contributed by atoms with Crippen molar-refractivity contribution in [1.82, 2.24) is 14.8 Å². The molecule has 0 aliphatic heterocycles. The Bertz CT molecular complexity index is 540. The highest BCUT2D eigenvalue weighted by molar-refractivity contribution is 5.40. The molecule has 2 rings (SSSR count). The third-order valence-electron chi connectivity index (χ3n) is 1.83. The maximum absolute atomic E-state index is 13.5. The van der Waals surface area contributed by atoms with Crippen molar-refractivity contribution in [1.29, 1.82) is 5.26 Å². The molecule has 74 valence electrons. The normalized spacial score (nSPS) is 9.87. The first-order valence-electron chi connectivity index (χ1n) is 4.08. The van der Waals surface area contributed by atoms with Crippen LogP contribution in [0.3, 0.4) is 0 Å². The number of halogens is 1. The number of hydrogen-bond acceptors (Lipinski definition) is 4. The molecule has 2 N–H and O–H groups in total. The van der Waals surface area contributed by atoms with E-state index in [2.05, 4.69) is 10.1 Å². The Morgan fingerprint density at radius 3 is 2.80 bits per heavy atom. The van der Waals surface area contributed by atoms with Crippen LogP contribution in [0.5, 0.6) is 0 Å². The van der Waals surface area contributed by atoms with Crippen LogP contribution in [0.2, 0.25) is 0 Å². The number of nitrogen functional groups attached to an aromatic ring is 1. The third kappa shape index (κ3) is 1.62. The highest BCUT2D eigenvalue weighted by Gasteiger charge is 2.07. The molecule has 0 radical (unpaired) electrons. The first kappa shape index (κ1) is 9.15. The molecule has 0 atom stereocenters. The monoisotopic (exact) mass is 203 g/mol. The average molecular weight is 203 g/mol. The molecular weight excluding hydrogens is 197 g/mol. The largest absolute Gasteiger partial charge is 0.366 e. The molecule has 15 heavy (non-hydrogen) atoms. The van der Waals surface area contributed by atoms with Crippen LogP contribution in [0.15, 0.2) is 24.5 Å². The van der Waals surface area contributed by atoms with E-state index in [1.54, 1.807) is 0 Å². The lowest BCUT2D eigenvalue weighted by Gasteiger charge is -2.01. The van der Waals surface area contributed by atoms with Gasteiger partial charge in [0.05, 0.1) is 11.6 Å². The summed E-state index contributed by atoms with van der Waals surface area (Å²) >= 11 is 0. The minimum atomic E-state index is -0.543. The van der Waals surface area contributed by atoms with E-state index in [0.717, 1.165) is 6.07 Å². The van der Waals surface area contributed by atoms with Gasteiger partial charge in [-0.05, 0) is 18.2 Å². The quantitative estimate of drug-likeness (QED) is 0.745. The number of anilines is 1. The van der Waals surface area contributed by atoms with E-state index in [1.165, 1.54) is 23.1 Å². The van der Waals surface area contributed by atoms with Crippen LogP contribution in [0.4, 0.5) is 10.3 Å². The zero-order chi connectivity index (χ0) is 10.8. The van der Waals surface area contributed by atoms with E-state index in [1.807, 2.05) is 6.07 Å². The number of aromatic nitrogens is 3. The molecule has 0 bridgehead atoms. The summed E-state index contributed by atoms with van der Waals surface area (Å²) in [6, 6.07) is 5.92. The summed E-state index contributed by atoms with van der Waals surface area (Å²) in [7, 11) is 0. The van der Waals surface area contributed by atoms with Crippen LogP contribution < -0.4 is 5.73 Å². The Balaban J connectivity index is 2.51. The summed E-state index contributed by atoms with van der Waals surface area (Å²) in [5, 5.41) is 12.3. The molecule has 1 heterocycles. The van der Waals surface area contributed by atoms with Crippen LogP contribution in [-0.4, -0.2) is 14.8 Å². The molecule has 2 aromatic rings. The van der Waals surface area contributed by atoms with Crippen LogP contribution in [0.1, 0.15) is 5.56 Å². The van der Waals surface area contributed by atoms with Crippen molar-refractivity contribution in [3.8, 4) is 11.8 Å². The van der Waals surface area contributed by atoms with Gasteiger partial charge in [-0.1, -0.05) is 0 Å². The SMILES string of the molecule is N#Cc1ccc(-n2cnc(N)n2)c(F)c1. The number of hydrogen-bond donors (Lipinski definition) is 1. The van der Waals surface area contributed by atoms with Gasteiger partial charge in [-0.25, -0.2) is 14.1 Å². The Labute approximate surface area is 84.6 Å². The van der Waals surface area contributed by atoms with E-state index in [0.29, 0.717) is 0 Å². The van der Waals surface area contributed by atoms with Crippen molar-refractivity contribution in [3.05, 3.63) is 35.9 Å². The van der Waals surface area contributed by atoms with Gasteiger partial charge in [0.15, 0.2) is 0 Å². The van der Waals surface area contributed by atoms with Crippen LogP contribution in [-0.2, 0) is 0 Å². The summed E-state index contributed by atoms with van der Waals surface area (Å²) in [6.45, 7) is 0.